The first kappa shape index (κ1) is 18.0. The molecule has 5 nitrogen and oxygen atoms in total. The number of aromatic nitrogens is 2. The minimum atomic E-state index is -0.712. The molecule has 0 aliphatic carbocycles. The predicted octanol–water partition coefficient (Wildman–Crippen LogP) is 3.38. The SMILES string of the molecule is O=C(c1cc(F)ccc1F)N1CCN(c2ccc(-c3ccccc3)nn2)CC1. The molecule has 1 saturated heterocycles. The average molecular weight is 380 g/mol. The highest BCUT2D eigenvalue weighted by molar-refractivity contribution is 5.94. The number of rotatable bonds is 3. The average Bonchev–Trinajstić information content (AvgIpc) is 2.76. The van der Waals surface area contributed by atoms with Crippen LogP contribution < -0.4 is 4.90 Å². The van der Waals surface area contributed by atoms with Gasteiger partial charge in [0, 0.05) is 31.7 Å². The molecule has 142 valence electrons. The number of benzene rings is 2. The molecule has 0 bridgehead atoms. The van der Waals surface area contributed by atoms with Crippen molar-refractivity contribution in [2.45, 2.75) is 0 Å². The van der Waals surface area contributed by atoms with Gasteiger partial charge in [0.25, 0.3) is 5.91 Å². The molecule has 1 aliphatic heterocycles. The molecular weight excluding hydrogens is 362 g/mol. The summed E-state index contributed by atoms with van der Waals surface area (Å²) >= 11 is 0. The molecule has 0 atom stereocenters. The Balaban J connectivity index is 1.41. The Morgan fingerprint density at radius 3 is 2.29 bits per heavy atom. The second kappa shape index (κ2) is 7.72. The van der Waals surface area contributed by atoms with Gasteiger partial charge >= 0.3 is 0 Å². The Bertz CT molecular complexity index is 971. The summed E-state index contributed by atoms with van der Waals surface area (Å²) in [6.07, 6.45) is 0. The van der Waals surface area contributed by atoms with Crippen molar-refractivity contribution in [2.75, 3.05) is 31.1 Å². The molecule has 0 N–H and O–H groups in total. The summed E-state index contributed by atoms with van der Waals surface area (Å²) in [6.45, 7) is 1.89. The van der Waals surface area contributed by atoms with Gasteiger partial charge in [-0.25, -0.2) is 8.78 Å². The van der Waals surface area contributed by atoms with E-state index in [0.29, 0.717) is 26.2 Å². The third kappa shape index (κ3) is 3.69. The predicted molar refractivity (Wildman–Crippen MR) is 102 cm³/mol. The maximum atomic E-state index is 13.9. The summed E-state index contributed by atoms with van der Waals surface area (Å²) in [5.74, 6) is -1.11. The third-order valence-electron chi connectivity index (χ3n) is 4.77. The van der Waals surface area contributed by atoms with E-state index in [0.717, 1.165) is 35.3 Å². The van der Waals surface area contributed by atoms with E-state index in [2.05, 4.69) is 10.2 Å². The van der Waals surface area contributed by atoms with E-state index in [4.69, 9.17) is 0 Å². The van der Waals surface area contributed by atoms with Crippen molar-refractivity contribution in [2.24, 2.45) is 0 Å². The lowest BCUT2D eigenvalue weighted by atomic mass is 10.1. The van der Waals surface area contributed by atoms with Crippen LogP contribution in [0.4, 0.5) is 14.6 Å². The van der Waals surface area contributed by atoms with Crippen LogP contribution in [0.1, 0.15) is 10.4 Å². The topological polar surface area (TPSA) is 49.3 Å². The van der Waals surface area contributed by atoms with Crippen LogP contribution >= 0.6 is 0 Å². The van der Waals surface area contributed by atoms with Crippen LogP contribution in [-0.2, 0) is 0 Å². The van der Waals surface area contributed by atoms with E-state index in [1.165, 1.54) is 4.90 Å². The van der Waals surface area contributed by atoms with Gasteiger partial charge in [-0.3, -0.25) is 4.79 Å². The van der Waals surface area contributed by atoms with Crippen LogP contribution in [0.15, 0.2) is 60.7 Å². The molecule has 0 spiro atoms. The quantitative estimate of drug-likeness (QED) is 0.699. The minimum absolute atomic E-state index is 0.236. The van der Waals surface area contributed by atoms with Gasteiger partial charge in [0.2, 0.25) is 0 Å². The van der Waals surface area contributed by atoms with Crippen molar-refractivity contribution >= 4 is 11.7 Å². The van der Waals surface area contributed by atoms with Gasteiger partial charge in [-0.2, -0.15) is 0 Å². The molecule has 2 heterocycles. The van der Waals surface area contributed by atoms with E-state index in [1.54, 1.807) is 0 Å². The third-order valence-corrected chi connectivity index (χ3v) is 4.77. The summed E-state index contributed by atoms with van der Waals surface area (Å²) in [7, 11) is 0. The summed E-state index contributed by atoms with van der Waals surface area (Å²) in [6, 6.07) is 16.5. The number of amides is 1. The van der Waals surface area contributed by atoms with Crippen molar-refractivity contribution in [3.63, 3.8) is 0 Å². The van der Waals surface area contributed by atoms with Gasteiger partial charge in [-0.15, -0.1) is 10.2 Å². The molecule has 1 aliphatic rings. The fraction of sp³-hybridized carbons (Fsp3) is 0.190. The highest BCUT2D eigenvalue weighted by Gasteiger charge is 2.25. The Labute approximate surface area is 161 Å². The highest BCUT2D eigenvalue weighted by atomic mass is 19.1. The van der Waals surface area contributed by atoms with Crippen molar-refractivity contribution in [1.82, 2.24) is 15.1 Å². The summed E-state index contributed by atoms with van der Waals surface area (Å²) in [5, 5.41) is 8.58. The Kier molecular flexibility index (Phi) is 4.97. The molecule has 1 amide bonds. The number of anilines is 1. The molecule has 4 rings (SSSR count). The second-order valence-electron chi connectivity index (χ2n) is 6.55. The summed E-state index contributed by atoms with van der Waals surface area (Å²) in [5.41, 5.74) is 1.55. The van der Waals surface area contributed by atoms with Crippen LogP contribution in [0.25, 0.3) is 11.3 Å². The van der Waals surface area contributed by atoms with Gasteiger partial charge in [0.05, 0.1) is 11.3 Å². The van der Waals surface area contributed by atoms with E-state index >= 15 is 0 Å². The molecule has 0 unspecified atom stereocenters. The number of hydrogen-bond acceptors (Lipinski definition) is 4. The van der Waals surface area contributed by atoms with E-state index < -0.39 is 17.5 Å². The minimum Gasteiger partial charge on any atom is -0.352 e. The van der Waals surface area contributed by atoms with Crippen molar-refractivity contribution in [1.29, 1.82) is 0 Å². The first-order chi connectivity index (χ1) is 13.6. The normalized spacial score (nSPS) is 14.2. The summed E-state index contributed by atoms with van der Waals surface area (Å²) in [4.78, 5) is 16.0. The highest BCUT2D eigenvalue weighted by Crippen LogP contribution is 2.20. The van der Waals surface area contributed by atoms with Gasteiger partial charge in [0.1, 0.15) is 11.6 Å². The van der Waals surface area contributed by atoms with Gasteiger partial charge in [-0.05, 0) is 30.3 Å². The maximum Gasteiger partial charge on any atom is 0.257 e. The summed E-state index contributed by atoms with van der Waals surface area (Å²) < 4.78 is 27.2. The number of carbonyl (C=O) groups excluding carboxylic acids is 1. The zero-order valence-electron chi connectivity index (χ0n) is 15.1. The number of hydrogen-bond donors (Lipinski definition) is 0. The van der Waals surface area contributed by atoms with Crippen LogP contribution in [0.2, 0.25) is 0 Å². The van der Waals surface area contributed by atoms with Crippen LogP contribution in [0, 0.1) is 11.6 Å². The first-order valence-electron chi connectivity index (χ1n) is 9.00. The number of piperazine rings is 1. The van der Waals surface area contributed by atoms with Crippen LogP contribution in [0.3, 0.4) is 0 Å². The molecule has 28 heavy (non-hydrogen) atoms. The molecule has 0 saturated carbocycles. The van der Waals surface area contributed by atoms with Crippen LogP contribution in [-0.4, -0.2) is 47.2 Å². The Morgan fingerprint density at radius 2 is 1.61 bits per heavy atom. The smallest absolute Gasteiger partial charge is 0.257 e. The van der Waals surface area contributed by atoms with E-state index in [1.807, 2.05) is 47.4 Å². The Morgan fingerprint density at radius 1 is 0.857 bits per heavy atom. The standard InChI is InChI=1S/C21H18F2N4O/c22-16-6-7-18(23)17(14-16)21(28)27-12-10-26(11-13-27)20-9-8-19(24-25-20)15-4-2-1-3-5-15/h1-9,14H,10-13H2. The molecule has 1 fully saturated rings. The van der Waals surface area contributed by atoms with Crippen molar-refractivity contribution in [3.05, 3.63) is 77.9 Å². The first-order valence-corrected chi connectivity index (χ1v) is 9.00. The monoisotopic (exact) mass is 380 g/mol. The lowest BCUT2D eigenvalue weighted by Crippen LogP contribution is -2.49. The number of halogens is 2. The van der Waals surface area contributed by atoms with Crippen molar-refractivity contribution < 1.29 is 13.6 Å². The lowest BCUT2D eigenvalue weighted by Gasteiger charge is -2.35. The fourth-order valence-corrected chi connectivity index (χ4v) is 3.23. The van der Waals surface area contributed by atoms with E-state index in [9.17, 15) is 13.6 Å². The molecule has 1 aromatic heterocycles. The number of carbonyl (C=O) groups is 1. The molecule has 2 aromatic carbocycles. The maximum absolute atomic E-state index is 13.9. The van der Waals surface area contributed by atoms with Gasteiger partial charge < -0.3 is 9.80 Å². The lowest BCUT2D eigenvalue weighted by molar-refractivity contribution is 0.0741. The Hall–Kier alpha value is -3.35. The zero-order valence-corrected chi connectivity index (χ0v) is 15.1. The molecule has 3 aromatic rings. The van der Waals surface area contributed by atoms with Crippen molar-refractivity contribution in [3.8, 4) is 11.3 Å². The van der Waals surface area contributed by atoms with Crippen LogP contribution in [0.5, 0.6) is 0 Å². The molecule has 7 heteroatoms. The largest absolute Gasteiger partial charge is 0.352 e. The van der Waals surface area contributed by atoms with Gasteiger partial charge in [-0.1, -0.05) is 30.3 Å². The second-order valence-corrected chi connectivity index (χ2v) is 6.55. The fourth-order valence-electron chi connectivity index (χ4n) is 3.23. The van der Waals surface area contributed by atoms with Gasteiger partial charge in [0.15, 0.2) is 5.82 Å². The van der Waals surface area contributed by atoms with E-state index in [-0.39, 0.29) is 5.56 Å². The molecular formula is C21H18F2N4O. The molecule has 0 radical (unpaired) electrons. The number of nitrogens with zero attached hydrogens (tertiary/aromatic N) is 4. The zero-order chi connectivity index (χ0) is 19.5.